The lowest BCUT2D eigenvalue weighted by atomic mass is 10.1. The van der Waals surface area contributed by atoms with Crippen LogP contribution < -0.4 is 5.32 Å². The standard InChI is InChI=1S/C17H23N3O/c1-13(18-10-14-7-8-17(21)9-14)15-11-19-20(12-15)16-5-3-2-4-6-16/h2-6,11-14,17-18,21H,7-10H2,1H3. The zero-order valence-corrected chi connectivity index (χ0v) is 12.4. The Kier molecular flexibility index (Phi) is 4.36. The molecule has 0 aliphatic heterocycles. The lowest BCUT2D eigenvalue weighted by molar-refractivity contribution is 0.177. The maximum Gasteiger partial charge on any atom is 0.0645 e. The summed E-state index contributed by atoms with van der Waals surface area (Å²) in [6.45, 7) is 3.13. The Morgan fingerprint density at radius 2 is 2.14 bits per heavy atom. The predicted molar refractivity (Wildman–Crippen MR) is 83.3 cm³/mol. The summed E-state index contributed by atoms with van der Waals surface area (Å²) in [5.74, 6) is 0.603. The van der Waals surface area contributed by atoms with Crippen LogP contribution in [-0.2, 0) is 0 Å². The van der Waals surface area contributed by atoms with Crippen LogP contribution in [0.2, 0.25) is 0 Å². The highest BCUT2D eigenvalue weighted by Crippen LogP contribution is 2.25. The Morgan fingerprint density at radius 3 is 2.86 bits per heavy atom. The Bertz CT molecular complexity index is 566. The fraction of sp³-hybridized carbons (Fsp3) is 0.471. The van der Waals surface area contributed by atoms with E-state index in [1.165, 1.54) is 5.56 Å². The molecule has 0 radical (unpaired) electrons. The number of aliphatic hydroxyl groups is 1. The van der Waals surface area contributed by atoms with Crippen LogP contribution in [0.1, 0.15) is 37.8 Å². The number of aliphatic hydroxyl groups excluding tert-OH is 1. The van der Waals surface area contributed by atoms with Crippen molar-refractivity contribution in [1.29, 1.82) is 0 Å². The second-order valence-corrected chi connectivity index (χ2v) is 6.02. The molecule has 1 aromatic heterocycles. The molecule has 1 aromatic carbocycles. The van der Waals surface area contributed by atoms with Gasteiger partial charge in [-0.1, -0.05) is 18.2 Å². The van der Waals surface area contributed by atoms with E-state index in [0.29, 0.717) is 5.92 Å². The van der Waals surface area contributed by atoms with Crippen molar-refractivity contribution in [2.75, 3.05) is 6.54 Å². The van der Waals surface area contributed by atoms with Gasteiger partial charge in [0, 0.05) is 17.8 Å². The largest absolute Gasteiger partial charge is 0.393 e. The van der Waals surface area contributed by atoms with Crippen LogP contribution in [0.4, 0.5) is 0 Å². The van der Waals surface area contributed by atoms with Crippen LogP contribution >= 0.6 is 0 Å². The van der Waals surface area contributed by atoms with E-state index < -0.39 is 0 Å². The lowest BCUT2D eigenvalue weighted by Gasteiger charge is -2.15. The van der Waals surface area contributed by atoms with E-state index in [9.17, 15) is 5.11 Å². The van der Waals surface area contributed by atoms with Crippen LogP contribution in [0.25, 0.3) is 5.69 Å². The Labute approximate surface area is 125 Å². The summed E-state index contributed by atoms with van der Waals surface area (Å²) < 4.78 is 1.91. The average molecular weight is 285 g/mol. The van der Waals surface area contributed by atoms with Crippen LogP contribution in [0.3, 0.4) is 0 Å². The van der Waals surface area contributed by atoms with Crippen LogP contribution in [0.15, 0.2) is 42.7 Å². The first-order chi connectivity index (χ1) is 10.2. The molecule has 4 nitrogen and oxygen atoms in total. The molecule has 1 aliphatic rings. The Morgan fingerprint density at radius 1 is 1.33 bits per heavy atom. The minimum atomic E-state index is -0.0899. The molecule has 0 saturated heterocycles. The second-order valence-electron chi connectivity index (χ2n) is 6.02. The van der Waals surface area contributed by atoms with Gasteiger partial charge in [0.2, 0.25) is 0 Å². The molecule has 2 N–H and O–H groups in total. The summed E-state index contributed by atoms with van der Waals surface area (Å²) in [5, 5.41) is 17.6. The number of nitrogens with zero attached hydrogens (tertiary/aromatic N) is 2. The van der Waals surface area contributed by atoms with Crippen molar-refractivity contribution in [2.24, 2.45) is 5.92 Å². The molecule has 21 heavy (non-hydrogen) atoms. The van der Waals surface area contributed by atoms with Crippen LogP contribution in [0, 0.1) is 5.92 Å². The maximum absolute atomic E-state index is 9.57. The first kappa shape index (κ1) is 14.3. The molecule has 4 heteroatoms. The molecule has 0 spiro atoms. The number of nitrogens with one attached hydrogen (secondary N) is 1. The smallest absolute Gasteiger partial charge is 0.0645 e. The van der Waals surface area contributed by atoms with Crippen molar-refractivity contribution in [2.45, 2.75) is 38.3 Å². The summed E-state index contributed by atoms with van der Waals surface area (Å²) in [7, 11) is 0. The topological polar surface area (TPSA) is 50.1 Å². The molecular formula is C17H23N3O. The number of benzene rings is 1. The van der Waals surface area contributed by atoms with Gasteiger partial charge in [-0.15, -0.1) is 0 Å². The molecule has 0 amide bonds. The van der Waals surface area contributed by atoms with Crippen molar-refractivity contribution in [3.05, 3.63) is 48.3 Å². The summed E-state index contributed by atoms with van der Waals surface area (Å²) >= 11 is 0. The van der Waals surface area contributed by atoms with Gasteiger partial charge < -0.3 is 10.4 Å². The van der Waals surface area contributed by atoms with Crippen molar-refractivity contribution in [3.8, 4) is 5.69 Å². The van der Waals surface area contributed by atoms with Gasteiger partial charge >= 0.3 is 0 Å². The third-order valence-corrected chi connectivity index (χ3v) is 4.35. The molecule has 3 rings (SSSR count). The highest BCUT2D eigenvalue weighted by molar-refractivity contribution is 5.31. The fourth-order valence-electron chi connectivity index (χ4n) is 2.98. The van der Waals surface area contributed by atoms with Gasteiger partial charge in [-0.2, -0.15) is 5.10 Å². The SMILES string of the molecule is CC(NCC1CCC(O)C1)c1cnn(-c2ccccc2)c1. The van der Waals surface area contributed by atoms with Crippen molar-refractivity contribution >= 4 is 0 Å². The molecular weight excluding hydrogens is 262 g/mol. The summed E-state index contributed by atoms with van der Waals surface area (Å²) in [5.41, 5.74) is 2.27. The van der Waals surface area contributed by atoms with Gasteiger partial charge in [-0.25, -0.2) is 4.68 Å². The quantitative estimate of drug-likeness (QED) is 0.888. The lowest BCUT2D eigenvalue weighted by Crippen LogP contribution is -2.24. The van der Waals surface area contributed by atoms with Gasteiger partial charge in [0.25, 0.3) is 0 Å². The molecule has 1 fully saturated rings. The molecule has 3 unspecified atom stereocenters. The average Bonchev–Trinajstić information content (AvgIpc) is 3.15. The zero-order valence-electron chi connectivity index (χ0n) is 12.4. The molecule has 1 saturated carbocycles. The summed E-state index contributed by atoms with van der Waals surface area (Å²) in [6, 6.07) is 10.4. The van der Waals surface area contributed by atoms with E-state index in [4.69, 9.17) is 0 Å². The number of para-hydroxylation sites is 1. The second kappa shape index (κ2) is 6.41. The van der Waals surface area contributed by atoms with Crippen molar-refractivity contribution in [1.82, 2.24) is 15.1 Å². The van der Waals surface area contributed by atoms with E-state index >= 15 is 0 Å². The van der Waals surface area contributed by atoms with Gasteiger partial charge in [0.1, 0.15) is 0 Å². The molecule has 3 atom stereocenters. The number of rotatable bonds is 5. The van der Waals surface area contributed by atoms with Gasteiger partial charge in [-0.3, -0.25) is 0 Å². The van der Waals surface area contributed by atoms with E-state index in [0.717, 1.165) is 31.5 Å². The third-order valence-electron chi connectivity index (χ3n) is 4.35. The van der Waals surface area contributed by atoms with E-state index in [-0.39, 0.29) is 12.1 Å². The molecule has 1 aliphatic carbocycles. The monoisotopic (exact) mass is 285 g/mol. The van der Waals surface area contributed by atoms with Gasteiger partial charge in [0.15, 0.2) is 0 Å². The minimum Gasteiger partial charge on any atom is -0.393 e. The molecule has 2 aromatic rings. The highest BCUT2D eigenvalue weighted by atomic mass is 16.3. The predicted octanol–water partition coefficient (Wildman–Crippen LogP) is 2.68. The number of hydrogen-bond acceptors (Lipinski definition) is 3. The van der Waals surface area contributed by atoms with Gasteiger partial charge in [-0.05, 0) is 50.8 Å². The zero-order chi connectivity index (χ0) is 14.7. The summed E-state index contributed by atoms with van der Waals surface area (Å²) in [6.07, 6.45) is 6.93. The molecule has 1 heterocycles. The minimum absolute atomic E-state index is 0.0899. The molecule has 112 valence electrons. The first-order valence-electron chi connectivity index (χ1n) is 7.74. The highest BCUT2D eigenvalue weighted by Gasteiger charge is 2.23. The van der Waals surface area contributed by atoms with E-state index in [1.54, 1.807) is 0 Å². The van der Waals surface area contributed by atoms with Crippen LogP contribution in [-0.4, -0.2) is 27.5 Å². The summed E-state index contributed by atoms with van der Waals surface area (Å²) in [4.78, 5) is 0. The number of aromatic nitrogens is 2. The fourth-order valence-corrected chi connectivity index (χ4v) is 2.98. The normalized spacial score (nSPS) is 23.3. The maximum atomic E-state index is 9.57. The molecule has 0 bridgehead atoms. The van der Waals surface area contributed by atoms with Gasteiger partial charge in [0.05, 0.1) is 18.0 Å². The van der Waals surface area contributed by atoms with E-state index in [2.05, 4.69) is 35.7 Å². The van der Waals surface area contributed by atoms with Crippen molar-refractivity contribution in [3.63, 3.8) is 0 Å². The van der Waals surface area contributed by atoms with Crippen molar-refractivity contribution < 1.29 is 5.11 Å². The number of hydrogen-bond donors (Lipinski definition) is 2. The first-order valence-corrected chi connectivity index (χ1v) is 7.74. The third kappa shape index (κ3) is 3.52. The van der Waals surface area contributed by atoms with E-state index in [1.807, 2.05) is 29.1 Å². The van der Waals surface area contributed by atoms with Crippen LogP contribution in [0.5, 0.6) is 0 Å². The Balaban J connectivity index is 1.58. The Hall–Kier alpha value is -1.65.